The summed E-state index contributed by atoms with van der Waals surface area (Å²) in [5.74, 6) is 0.415. The molecule has 1 saturated heterocycles. The molecule has 25 heavy (non-hydrogen) atoms. The van der Waals surface area contributed by atoms with Crippen molar-refractivity contribution < 1.29 is 27.4 Å². The topological polar surface area (TPSA) is 38.8 Å². The van der Waals surface area contributed by atoms with Gasteiger partial charge in [0.05, 0.1) is 7.11 Å². The van der Waals surface area contributed by atoms with E-state index in [4.69, 9.17) is 9.47 Å². The van der Waals surface area contributed by atoms with Crippen molar-refractivity contribution in [3.05, 3.63) is 29.8 Å². The van der Waals surface area contributed by atoms with Gasteiger partial charge in [0.15, 0.2) is 6.61 Å². The second kappa shape index (κ2) is 9.08. The van der Waals surface area contributed by atoms with Gasteiger partial charge in [-0.05, 0) is 56.0 Å². The maximum absolute atomic E-state index is 12.1. The van der Waals surface area contributed by atoms with Crippen molar-refractivity contribution in [2.45, 2.75) is 38.4 Å². The summed E-state index contributed by atoms with van der Waals surface area (Å²) in [4.78, 5) is 13.7. The third-order valence-corrected chi connectivity index (χ3v) is 4.36. The number of carbonyl (C=O) groups is 1. The molecular weight excluding hydrogens is 335 g/mol. The summed E-state index contributed by atoms with van der Waals surface area (Å²) in [6.07, 6.45) is -0.882. The van der Waals surface area contributed by atoms with Gasteiger partial charge in [0, 0.05) is 13.0 Å². The number of esters is 1. The highest BCUT2D eigenvalue weighted by molar-refractivity contribution is 5.69. The number of halogens is 3. The van der Waals surface area contributed by atoms with Gasteiger partial charge in [-0.15, -0.1) is 0 Å². The van der Waals surface area contributed by atoms with Crippen LogP contribution in [0.5, 0.6) is 5.75 Å². The summed E-state index contributed by atoms with van der Waals surface area (Å²) in [6, 6.07) is 6.73. The minimum absolute atomic E-state index is 0.159. The Kier molecular flexibility index (Phi) is 7.11. The molecule has 0 aromatic heterocycles. The molecule has 0 bridgehead atoms. The molecule has 1 aliphatic rings. The molecule has 1 aromatic rings. The molecule has 0 aliphatic carbocycles. The van der Waals surface area contributed by atoms with E-state index in [9.17, 15) is 18.0 Å². The third kappa shape index (κ3) is 7.34. The minimum atomic E-state index is -4.33. The van der Waals surface area contributed by atoms with E-state index >= 15 is 0 Å². The molecule has 1 heterocycles. The van der Waals surface area contributed by atoms with E-state index in [2.05, 4.69) is 4.90 Å². The van der Waals surface area contributed by atoms with Gasteiger partial charge in [-0.1, -0.05) is 12.1 Å². The van der Waals surface area contributed by atoms with Gasteiger partial charge in [-0.3, -0.25) is 9.69 Å². The monoisotopic (exact) mass is 359 g/mol. The fourth-order valence-electron chi connectivity index (χ4n) is 3.02. The van der Waals surface area contributed by atoms with Crippen LogP contribution in [0.15, 0.2) is 24.3 Å². The zero-order chi connectivity index (χ0) is 18.3. The Balaban J connectivity index is 1.80. The van der Waals surface area contributed by atoms with E-state index in [1.165, 1.54) is 7.11 Å². The van der Waals surface area contributed by atoms with Crippen LogP contribution in [0.4, 0.5) is 13.2 Å². The molecule has 4 nitrogen and oxygen atoms in total. The Labute approximate surface area is 145 Å². The van der Waals surface area contributed by atoms with Crippen molar-refractivity contribution in [2.75, 3.05) is 26.8 Å². The first-order chi connectivity index (χ1) is 11.9. The highest BCUT2D eigenvalue weighted by Crippen LogP contribution is 2.23. The van der Waals surface area contributed by atoms with Crippen molar-refractivity contribution in [1.29, 1.82) is 0 Å². The molecule has 1 unspecified atom stereocenters. The van der Waals surface area contributed by atoms with Crippen LogP contribution in [0.25, 0.3) is 0 Å². The number of hydrogen-bond acceptors (Lipinski definition) is 4. The van der Waals surface area contributed by atoms with Gasteiger partial charge < -0.3 is 9.47 Å². The lowest BCUT2D eigenvalue weighted by Crippen LogP contribution is -2.24. The first-order valence-corrected chi connectivity index (χ1v) is 8.43. The van der Waals surface area contributed by atoms with Gasteiger partial charge in [0.2, 0.25) is 0 Å². The largest absolute Gasteiger partial charge is 0.484 e. The Hall–Kier alpha value is -1.76. The van der Waals surface area contributed by atoms with E-state index in [-0.39, 0.29) is 11.7 Å². The van der Waals surface area contributed by atoms with E-state index in [1.807, 2.05) is 0 Å². The van der Waals surface area contributed by atoms with Crippen LogP contribution in [0, 0.1) is 5.92 Å². The summed E-state index contributed by atoms with van der Waals surface area (Å²) in [6.45, 7) is 1.31. The van der Waals surface area contributed by atoms with E-state index < -0.39 is 12.8 Å². The number of rotatable bonds is 6. The number of alkyl halides is 3. The Morgan fingerprint density at radius 3 is 2.56 bits per heavy atom. The van der Waals surface area contributed by atoms with Crippen LogP contribution >= 0.6 is 0 Å². The lowest BCUT2D eigenvalue weighted by atomic mass is 9.97. The number of ether oxygens (including phenoxy) is 2. The molecule has 1 fully saturated rings. The summed E-state index contributed by atoms with van der Waals surface area (Å²) < 4.78 is 45.9. The Morgan fingerprint density at radius 2 is 1.92 bits per heavy atom. The molecule has 140 valence electrons. The summed E-state index contributed by atoms with van der Waals surface area (Å²) >= 11 is 0. The SMILES string of the molecule is COC(=O)CC1CCCN(Cc2ccc(OCC(F)(F)F)cc2)CC1. The van der Waals surface area contributed by atoms with Crippen LogP contribution in [-0.4, -0.2) is 43.9 Å². The van der Waals surface area contributed by atoms with Crippen LogP contribution < -0.4 is 4.74 Å². The molecule has 0 radical (unpaired) electrons. The van der Waals surface area contributed by atoms with Gasteiger partial charge in [-0.25, -0.2) is 0 Å². The highest BCUT2D eigenvalue weighted by Gasteiger charge is 2.28. The van der Waals surface area contributed by atoms with Gasteiger partial charge in [-0.2, -0.15) is 13.2 Å². The normalized spacial score (nSPS) is 19.3. The molecule has 0 N–H and O–H groups in total. The maximum Gasteiger partial charge on any atom is 0.422 e. The van der Waals surface area contributed by atoms with E-state index in [0.717, 1.165) is 44.5 Å². The molecule has 1 aromatic carbocycles. The second-order valence-electron chi connectivity index (χ2n) is 6.40. The molecule has 1 atom stereocenters. The lowest BCUT2D eigenvalue weighted by molar-refractivity contribution is -0.153. The molecular formula is C18H24F3NO3. The van der Waals surface area contributed by atoms with Crippen LogP contribution in [0.1, 0.15) is 31.2 Å². The maximum atomic E-state index is 12.1. The Morgan fingerprint density at radius 1 is 1.20 bits per heavy atom. The molecule has 1 aliphatic heterocycles. The van der Waals surface area contributed by atoms with Crippen molar-refractivity contribution in [3.63, 3.8) is 0 Å². The first kappa shape index (κ1) is 19.6. The zero-order valence-corrected chi connectivity index (χ0v) is 14.3. The average molecular weight is 359 g/mol. The standard InChI is InChI=1S/C18H24F3NO3/c1-24-17(23)11-14-3-2-9-22(10-8-14)12-15-4-6-16(7-5-15)25-13-18(19,20)21/h4-7,14H,2-3,8-13H2,1H3. The van der Waals surface area contributed by atoms with Gasteiger partial charge in [0.1, 0.15) is 5.75 Å². The minimum Gasteiger partial charge on any atom is -0.484 e. The van der Waals surface area contributed by atoms with Crippen LogP contribution in [0.3, 0.4) is 0 Å². The van der Waals surface area contributed by atoms with Crippen molar-refractivity contribution in [1.82, 2.24) is 4.90 Å². The van der Waals surface area contributed by atoms with E-state index in [1.54, 1.807) is 24.3 Å². The predicted octanol–water partition coefficient (Wildman–Crippen LogP) is 3.79. The van der Waals surface area contributed by atoms with E-state index in [0.29, 0.717) is 12.3 Å². The quantitative estimate of drug-likeness (QED) is 0.725. The number of hydrogen-bond donors (Lipinski definition) is 0. The van der Waals surface area contributed by atoms with Crippen molar-refractivity contribution in [2.24, 2.45) is 5.92 Å². The Bertz CT molecular complexity index is 545. The summed E-state index contributed by atoms with van der Waals surface area (Å²) in [7, 11) is 1.41. The molecule has 7 heteroatoms. The molecule has 2 rings (SSSR count). The van der Waals surface area contributed by atoms with Crippen LogP contribution in [0.2, 0.25) is 0 Å². The smallest absolute Gasteiger partial charge is 0.422 e. The summed E-state index contributed by atoms with van der Waals surface area (Å²) in [5.41, 5.74) is 1.03. The second-order valence-corrected chi connectivity index (χ2v) is 6.40. The van der Waals surface area contributed by atoms with Crippen LogP contribution in [-0.2, 0) is 16.1 Å². The van der Waals surface area contributed by atoms with Crippen molar-refractivity contribution >= 4 is 5.97 Å². The number of benzene rings is 1. The number of carbonyl (C=O) groups excluding carboxylic acids is 1. The molecule has 0 spiro atoms. The third-order valence-electron chi connectivity index (χ3n) is 4.36. The lowest BCUT2D eigenvalue weighted by Gasteiger charge is -2.20. The average Bonchev–Trinajstić information content (AvgIpc) is 2.79. The zero-order valence-electron chi connectivity index (χ0n) is 14.3. The first-order valence-electron chi connectivity index (χ1n) is 8.43. The number of nitrogens with zero attached hydrogens (tertiary/aromatic N) is 1. The number of methoxy groups -OCH3 is 1. The van der Waals surface area contributed by atoms with Gasteiger partial charge in [0.25, 0.3) is 0 Å². The fraction of sp³-hybridized carbons (Fsp3) is 0.611. The molecule has 0 saturated carbocycles. The van der Waals surface area contributed by atoms with Crippen molar-refractivity contribution in [3.8, 4) is 5.75 Å². The summed E-state index contributed by atoms with van der Waals surface area (Å²) in [5, 5.41) is 0. The number of likely N-dealkylation sites (tertiary alicyclic amines) is 1. The highest BCUT2D eigenvalue weighted by atomic mass is 19.4. The fourth-order valence-corrected chi connectivity index (χ4v) is 3.02. The van der Waals surface area contributed by atoms with Gasteiger partial charge >= 0.3 is 12.1 Å². The predicted molar refractivity (Wildman–Crippen MR) is 87.2 cm³/mol. The molecule has 0 amide bonds.